The number of likely N-dealkylation sites (tertiary alicyclic amines) is 1. The Balaban J connectivity index is 2.30. The summed E-state index contributed by atoms with van der Waals surface area (Å²) in [6.07, 6.45) is 2.19. The highest BCUT2D eigenvalue weighted by Gasteiger charge is 2.21. The van der Waals surface area contributed by atoms with Crippen LogP contribution in [-0.4, -0.2) is 54.7 Å². The maximum absolute atomic E-state index is 12.0. The van der Waals surface area contributed by atoms with Crippen LogP contribution in [-0.2, 0) is 9.59 Å². The second-order valence-corrected chi connectivity index (χ2v) is 5.13. The highest BCUT2D eigenvalue weighted by Crippen LogP contribution is 2.07. The van der Waals surface area contributed by atoms with Gasteiger partial charge in [-0.25, -0.2) is 0 Å². The molecule has 4 nitrogen and oxygen atoms in total. The minimum atomic E-state index is 0.156. The Morgan fingerprint density at radius 2 is 2.00 bits per heavy atom. The number of ketones is 1. The number of hydrogen-bond donors (Lipinski definition) is 0. The van der Waals surface area contributed by atoms with Crippen molar-refractivity contribution in [3.05, 3.63) is 0 Å². The summed E-state index contributed by atoms with van der Waals surface area (Å²) in [4.78, 5) is 26.9. The van der Waals surface area contributed by atoms with E-state index in [1.54, 1.807) is 0 Å². The van der Waals surface area contributed by atoms with Crippen molar-refractivity contribution in [3.63, 3.8) is 0 Å². The first-order valence-corrected chi connectivity index (χ1v) is 6.51. The molecule has 1 amide bonds. The highest BCUT2D eigenvalue weighted by atomic mass is 16.2. The van der Waals surface area contributed by atoms with Crippen LogP contribution in [0.4, 0.5) is 0 Å². The number of Topliss-reactive ketones (excluding diaryl/α,β-unsaturated/α-hetero) is 1. The number of likely N-dealkylation sites (N-methyl/N-ethyl adjacent to an activating group) is 1. The number of rotatable bonds is 5. The third kappa shape index (κ3) is 4.86. The standard InChI is InChI=1S/C13H24N2O2/c1-4-11(2)9-14(3)10-13(17)15-7-5-12(16)6-8-15/h11H,4-10H2,1-3H3. The summed E-state index contributed by atoms with van der Waals surface area (Å²) in [5.41, 5.74) is 0. The number of nitrogens with zero attached hydrogens (tertiary/aromatic N) is 2. The van der Waals surface area contributed by atoms with Gasteiger partial charge < -0.3 is 4.90 Å². The topological polar surface area (TPSA) is 40.6 Å². The number of amides is 1. The van der Waals surface area contributed by atoms with Gasteiger partial charge in [0.25, 0.3) is 0 Å². The Hall–Kier alpha value is -0.900. The van der Waals surface area contributed by atoms with Gasteiger partial charge in [-0.15, -0.1) is 0 Å². The molecule has 17 heavy (non-hydrogen) atoms. The molecule has 1 rings (SSSR count). The van der Waals surface area contributed by atoms with E-state index in [2.05, 4.69) is 18.7 Å². The minimum Gasteiger partial charge on any atom is -0.341 e. The van der Waals surface area contributed by atoms with E-state index in [-0.39, 0.29) is 11.7 Å². The van der Waals surface area contributed by atoms with Crippen molar-refractivity contribution < 1.29 is 9.59 Å². The highest BCUT2D eigenvalue weighted by molar-refractivity contribution is 5.84. The average molecular weight is 240 g/mol. The zero-order chi connectivity index (χ0) is 12.8. The van der Waals surface area contributed by atoms with E-state index in [0.717, 1.165) is 13.0 Å². The molecule has 0 N–H and O–H groups in total. The predicted molar refractivity (Wildman–Crippen MR) is 67.8 cm³/mol. The zero-order valence-electron chi connectivity index (χ0n) is 11.2. The van der Waals surface area contributed by atoms with Crippen LogP contribution >= 0.6 is 0 Å². The first-order valence-electron chi connectivity index (χ1n) is 6.51. The Morgan fingerprint density at radius 1 is 1.41 bits per heavy atom. The largest absolute Gasteiger partial charge is 0.341 e. The van der Waals surface area contributed by atoms with Crippen LogP contribution in [0.15, 0.2) is 0 Å². The van der Waals surface area contributed by atoms with Crippen molar-refractivity contribution in [2.75, 3.05) is 33.2 Å². The summed E-state index contributed by atoms with van der Waals surface area (Å²) in [5.74, 6) is 1.06. The lowest BCUT2D eigenvalue weighted by Crippen LogP contribution is -2.44. The predicted octanol–water partition coefficient (Wildman–Crippen LogP) is 1.16. The van der Waals surface area contributed by atoms with Crippen LogP contribution in [0.1, 0.15) is 33.1 Å². The molecule has 1 saturated heterocycles. The molecule has 1 unspecified atom stereocenters. The lowest BCUT2D eigenvalue weighted by atomic mass is 10.1. The fourth-order valence-electron chi connectivity index (χ4n) is 2.06. The molecule has 0 saturated carbocycles. The third-order valence-electron chi connectivity index (χ3n) is 3.40. The lowest BCUT2D eigenvalue weighted by Gasteiger charge is -2.28. The van der Waals surface area contributed by atoms with Crippen LogP contribution in [0.25, 0.3) is 0 Å². The van der Waals surface area contributed by atoms with Crippen molar-refractivity contribution in [2.45, 2.75) is 33.1 Å². The molecule has 0 radical (unpaired) electrons. The lowest BCUT2D eigenvalue weighted by molar-refractivity contribution is -0.135. The Kier molecular flexibility index (Phi) is 5.62. The van der Waals surface area contributed by atoms with Gasteiger partial charge in [0.1, 0.15) is 5.78 Å². The first-order chi connectivity index (χ1) is 8.02. The zero-order valence-corrected chi connectivity index (χ0v) is 11.2. The van der Waals surface area contributed by atoms with E-state index < -0.39 is 0 Å². The van der Waals surface area contributed by atoms with Crippen LogP contribution in [0.5, 0.6) is 0 Å². The maximum atomic E-state index is 12.0. The summed E-state index contributed by atoms with van der Waals surface area (Å²) >= 11 is 0. The number of carbonyl (C=O) groups is 2. The van der Waals surface area contributed by atoms with Crippen LogP contribution in [0.2, 0.25) is 0 Å². The summed E-state index contributed by atoms with van der Waals surface area (Å²) in [5, 5.41) is 0. The van der Waals surface area contributed by atoms with Crippen LogP contribution < -0.4 is 0 Å². The van der Waals surface area contributed by atoms with E-state index in [1.807, 2.05) is 11.9 Å². The average Bonchev–Trinajstić information content (AvgIpc) is 2.29. The molecule has 0 spiro atoms. The van der Waals surface area contributed by atoms with Crippen molar-refractivity contribution in [3.8, 4) is 0 Å². The number of hydrogen-bond acceptors (Lipinski definition) is 3. The molecule has 1 aliphatic heterocycles. The van der Waals surface area contributed by atoms with Gasteiger partial charge in [-0.1, -0.05) is 20.3 Å². The maximum Gasteiger partial charge on any atom is 0.236 e. The van der Waals surface area contributed by atoms with Crippen LogP contribution in [0, 0.1) is 5.92 Å². The minimum absolute atomic E-state index is 0.156. The van der Waals surface area contributed by atoms with Gasteiger partial charge in [0.05, 0.1) is 6.54 Å². The van der Waals surface area contributed by atoms with Gasteiger partial charge in [0.2, 0.25) is 5.91 Å². The Morgan fingerprint density at radius 3 is 2.53 bits per heavy atom. The molecule has 98 valence electrons. The van der Waals surface area contributed by atoms with Crippen molar-refractivity contribution in [1.82, 2.24) is 9.80 Å². The van der Waals surface area contributed by atoms with E-state index in [4.69, 9.17) is 0 Å². The summed E-state index contributed by atoms with van der Waals surface area (Å²) in [6, 6.07) is 0. The van der Waals surface area contributed by atoms with E-state index in [9.17, 15) is 9.59 Å². The molecular weight excluding hydrogens is 216 g/mol. The Bertz CT molecular complexity index is 269. The Labute approximate surface area is 104 Å². The molecule has 1 aliphatic rings. The molecular formula is C13H24N2O2. The summed E-state index contributed by atoms with van der Waals surface area (Å²) in [7, 11) is 1.99. The molecule has 0 aromatic rings. The quantitative estimate of drug-likeness (QED) is 0.724. The van der Waals surface area contributed by atoms with Gasteiger partial charge in [0, 0.05) is 32.5 Å². The monoisotopic (exact) mass is 240 g/mol. The van der Waals surface area contributed by atoms with Crippen molar-refractivity contribution in [1.29, 1.82) is 0 Å². The molecule has 1 heterocycles. The number of carbonyl (C=O) groups excluding carboxylic acids is 2. The molecule has 0 bridgehead atoms. The fraction of sp³-hybridized carbons (Fsp3) is 0.846. The second-order valence-electron chi connectivity index (χ2n) is 5.13. The summed E-state index contributed by atoms with van der Waals surface area (Å²) < 4.78 is 0. The van der Waals surface area contributed by atoms with Crippen molar-refractivity contribution >= 4 is 11.7 Å². The van der Waals surface area contributed by atoms with E-state index in [0.29, 0.717) is 38.4 Å². The molecule has 4 heteroatoms. The van der Waals surface area contributed by atoms with Gasteiger partial charge >= 0.3 is 0 Å². The molecule has 0 aromatic carbocycles. The normalized spacial score (nSPS) is 18.6. The van der Waals surface area contributed by atoms with E-state index >= 15 is 0 Å². The SMILES string of the molecule is CCC(C)CN(C)CC(=O)N1CCC(=O)CC1. The van der Waals surface area contributed by atoms with Gasteiger partial charge in [-0.2, -0.15) is 0 Å². The smallest absolute Gasteiger partial charge is 0.236 e. The van der Waals surface area contributed by atoms with Crippen LogP contribution in [0.3, 0.4) is 0 Å². The molecule has 1 atom stereocenters. The molecule has 0 aliphatic carbocycles. The van der Waals surface area contributed by atoms with Gasteiger partial charge in [-0.05, 0) is 13.0 Å². The van der Waals surface area contributed by atoms with E-state index in [1.165, 1.54) is 0 Å². The third-order valence-corrected chi connectivity index (χ3v) is 3.40. The first kappa shape index (κ1) is 14.2. The van der Waals surface area contributed by atoms with Crippen molar-refractivity contribution in [2.24, 2.45) is 5.92 Å². The van der Waals surface area contributed by atoms with Gasteiger partial charge in [0.15, 0.2) is 0 Å². The molecule has 1 fully saturated rings. The number of piperidine rings is 1. The fourth-order valence-corrected chi connectivity index (χ4v) is 2.06. The van der Waals surface area contributed by atoms with Gasteiger partial charge in [-0.3, -0.25) is 14.5 Å². The second kappa shape index (κ2) is 6.74. The summed E-state index contributed by atoms with van der Waals surface area (Å²) in [6.45, 7) is 6.99. The molecule has 0 aromatic heterocycles.